The van der Waals surface area contributed by atoms with Gasteiger partial charge in [0.1, 0.15) is 6.29 Å². The lowest BCUT2D eigenvalue weighted by Crippen LogP contribution is -1.78. The van der Waals surface area contributed by atoms with Crippen LogP contribution in [0.15, 0.2) is 48.1 Å². The van der Waals surface area contributed by atoms with E-state index in [9.17, 15) is 4.79 Å². The number of hydrogen-bond acceptors (Lipinski definition) is 1. The molecule has 1 nitrogen and oxygen atoms in total. The molecule has 14 heavy (non-hydrogen) atoms. The zero-order valence-electron chi connectivity index (χ0n) is 8.31. The Morgan fingerprint density at radius 3 is 2.57 bits per heavy atom. The van der Waals surface area contributed by atoms with Gasteiger partial charge in [-0.1, -0.05) is 55.5 Å². The van der Waals surface area contributed by atoms with Gasteiger partial charge in [0, 0.05) is 0 Å². The minimum absolute atomic E-state index is 0.780. The largest absolute Gasteiger partial charge is 0.298 e. The molecule has 0 saturated heterocycles. The van der Waals surface area contributed by atoms with Crippen molar-refractivity contribution in [2.75, 3.05) is 0 Å². The molecule has 0 spiro atoms. The summed E-state index contributed by atoms with van der Waals surface area (Å²) in [4.78, 5) is 10.5. The highest BCUT2D eigenvalue weighted by atomic mass is 16.1. The Kier molecular flexibility index (Phi) is 4.42. The van der Waals surface area contributed by atoms with E-state index >= 15 is 0 Å². The van der Waals surface area contributed by atoms with Gasteiger partial charge in [0.15, 0.2) is 0 Å². The maximum absolute atomic E-state index is 10.5. The van der Waals surface area contributed by atoms with Crippen molar-refractivity contribution in [2.45, 2.75) is 13.3 Å². The van der Waals surface area contributed by atoms with E-state index in [1.54, 1.807) is 0 Å². The molecule has 0 amide bonds. The molecule has 0 heterocycles. The third-order valence-corrected chi connectivity index (χ3v) is 1.96. The monoisotopic (exact) mass is 186 g/mol. The van der Waals surface area contributed by atoms with Crippen molar-refractivity contribution in [3.05, 3.63) is 53.6 Å². The first-order chi connectivity index (χ1) is 6.86. The van der Waals surface area contributed by atoms with Crippen molar-refractivity contribution in [1.29, 1.82) is 0 Å². The summed E-state index contributed by atoms with van der Waals surface area (Å²) in [5.74, 6) is 0. The maximum atomic E-state index is 10.5. The van der Waals surface area contributed by atoms with Gasteiger partial charge in [0.05, 0.1) is 0 Å². The van der Waals surface area contributed by atoms with Crippen molar-refractivity contribution in [2.24, 2.45) is 0 Å². The van der Waals surface area contributed by atoms with Crippen LogP contribution in [-0.2, 0) is 4.79 Å². The molecule has 0 saturated carbocycles. The first kappa shape index (κ1) is 10.5. The smallest absolute Gasteiger partial charge is 0.146 e. The van der Waals surface area contributed by atoms with Crippen LogP contribution >= 0.6 is 0 Å². The molecule has 0 fully saturated rings. The molecule has 1 heteroatoms. The van der Waals surface area contributed by atoms with Crippen LogP contribution in [0, 0.1) is 0 Å². The molecule has 0 unspecified atom stereocenters. The highest BCUT2D eigenvalue weighted by Crippen LogP contribution is 2.02. The standard InChI is InChI=1S/C13H14O/c1-2-12(11-14)9-6-10-13-7-4-3-5-8-13/h3-11H,2H2,1H3. The minimum Gasteiger partial charge on any atom is -0.298 e. The minimum atomic E-state index is 0.780. The maximum Gasteiger partial charge on any atom is 0.146 e. The van der Waals surface area contributed by atoms with Gasteiger partial charge in [-0.3, -0.25) is 4.79 Å². The number of allylic oxidation sites excluding steroid dienone is 3. The normalized spacial score (nSPS) is 11.9. The van der Waals surface area contributed by atoms with Gasteiger partial charge in [-0.25, -0.2) is 0 Å². The Balaban J connectivity index is 2.65. The van der Waals surface area contributed by atoms with Gasteiger partial charge in [0.2, 0.25) is 0 Å². The van der Waals surface area contributed by atoms with E-state index in [1.807, 2.05) is 55.5 Å². The Bertz CT molecular complexity index is 334. The average Bonchev–Trinajstić information content (AvgIpc) is 2.26. The lowest BCUT2D eigenvalue weighted by atomic mass is 10.2. The van der Waals surface area contributed by atoms with Crippen LogP contribution in [0.2, 0.25) is 0 Å². The highest BCUT2D eigenvalue weighted by Gasteiger charge is 1.86. The number of carbonyl (C=O) groups excluding carboxylic acids is 1. The molecule has 0 aliphatic rings. The average molecular weight is 186 g/mol. The molecule has 0 aromatic heterocycles. The molecule has 1 aromatic carbocycles. The second-order valence-corrected chi connectivity index (χ2v) is 2.98. The Morgan fingerprint density at radius 1 is 1.29 bits per heavy atom. The molecule has 0 atom stereocenters. The predicted octanol–water partition coefficient (Wildman–Crippen LogP) is 3.24. The molecule has 0 bridgehead atoms. The molecular weight excluding hydrogens is 172 g/mol. The summed E-state index contributed by atoms with van der Waals surface area (Å²) in [6.07, 6.45) is 7.42. The van der Waals surface area contributed by atoms with Crippen LogP contribution < -0.4 is 0 Å². The molecule has 1 rings (SSSR count). The van der Waals surface area contributed by atoms with E-state index in [0.717, 1.165) is 23.8 Å². The molecule has 0 aliphatic heterocycles. The molecule has 0 N–H and O–H groups in total. The van der Waals surface area contributed by atoms with E-state index in [1.165, 1.54) is 0 Å². The summed E-state index contributed by atoms with van der Waals surface area (Å²) >= 11 is 0. The third-order valence-electron chi connectivity index (χ3n) is 1.96. The summed E-state index contributed by atoms with van der Waals surface area (Å²) < 4.78 is 0. The Morgan fingerprint density at radius 2 is 2.00 bits per heavy atom. The number of rotatable bonds is 4. The zero-order chi connectivity index (χ0) is 10.2. The van der Waals surface area contributed by atoms with Crippen molar-refractivity contribution in [1.82, 2.24) is 0 Å². The van der Waals surface area contributed by atoms with E-state index in [2.05, 4.69) is 0 Å². The summed E-state index contributed by atoms with van der Waals surface area (Å²) in [6.45, 7) is 1.97. The van der Waals surface area contributed by atoms with Crippen molar-refractivity contribution < 1.29 is 4.79 Å². The number of hydrogen-bond donors (Lipinski definition) is 0. The fraction of sp³-hybridized carbons (Fsp3) is 0.154. The lowest BCUT2D eigenvalue weighted by Gasteiger charge is -1.90. The van der Waals surface area contributed by atoms with E-state index in [4.69, 9.17) is 0 Å². The Labute approximate surface area is 84.8 Å². The van der Waals surface area contributed by atoms with Crippen LogP contribution in [-0.4, -0.2) is 6.29 Å². The molecule has 0 aliphatic carbocycles. The van der Waals surface area contributed by atoms with Crippen LogP contribution in [0.4, 0.5) is 0 Å². The van der Waals surface area contributed by atoms with Gasteiger partial charge < -0.3 is 0 Å². The predicted molar refractivity (Wildman–Crippen MR) is 59.9 cm³/mol. The fourth-order valence-electron chi connectivity index (χ4n) is 1.09. The van der Waals surface area contributed by atoms with Crippen LogP contribution in [0.5, 0.6) is 0 Å². The Hall–Kier alpha value is -1.63. The number of carbonyl (C=O) groups is 1. The topological polar surface area (TPSA) is 17.1 Å². The van der Waals surface area contributed by atoms with E-state index in [-0.39, 0.29) is 0 Å². The number of benzene rings is 1. The van der Waals surface area contributed by atoms with Crippen LogP contribution in [0.1, 0.15) is 18.9 Å². The quantitative estimate of drug-likeness (QED) is 0.401. The van der Waals surface area contributed by atoms with E-state index < -0.39 is 0 Å². The second-order valence-electron chi connectivity index (χ2n) is 2.98. The third kappa shape index (κ3) is 3.40. The van der Waals surface area contributed by atoms with Gasteiger partial charge in [-0.05, 0) is 17.6 Å². The summed E-state index contributed by atoms with van der Waals surface area (Å²) in [5, 5.41) is 0. The number of aldehydes is 1. The van der Waals surface area contributed by atoms with Gasteiger partial charge in [0.25, 0.3) is 0 Å². The van der Waals surface area contributed by atoms with Gasteiger partial charge in [-0.15, -0.1) is 0 Å². The summed E-state index contributed by atoms with van der Waals surface area (Å²) in [5.41, 5.74) is 1.96. The van der Waals surface area contributed by atoms with Gasteiger partial charge in [-0.2, -0.15) is 0 Å². The van der Waals surface area contributed by atoms with Crippen molar-refractivity contribution in [3.63, 3.8) is 0 Å². The highest BCUT2D eigenvalue weighted by molar-refractivity contribution is 5.74. The SMILES string of the molecule is CCC(C=O)=CC=Cc1ccccc1. The first-order valence-electron chi connectivity index (χ1n) is 4.74. The fourth-order valence-corrected chi connectivity index (χ4v) is 1.09. The van der Waals surface area contributed by atoms with E-state index in [0.29, 0.717) is 0 Å². The lowest BCUT2D eigenvalue weighted by molar-refractivity contribution is -0.105. The summed E-state index contributed by atoms with van der Waals surface area (Å²) in [6, 6.07) is 10.0. The van der Waals surface area contributed by atoms with Gasteiger partial charge >= 0.3 is 0 Å². The molecule has 0 radical (unpaired) electrons. The second kappa shape index (κ2) is 5.92. The van der Waals surface area contributed by atoms with Crippen LogP contribution in [0.3, 0.4) is 0 Å². The summed E-state index contributed by atoms with van der Waals surface area (Å²) in [7, 11) is 0. The van der Waals surface area contributed by atoms with Crippen molar-refractivity contribution >= 4 is 12.4 Å². The molecule has 1 aromatic rings. The molecule has 72 valence electrons. The van der Waals surface area contributed by atoms with Crippen LogP contribution in [0.25, 0.3) is 6.08 Å². The zero-order valence-corrected chi connectivity index (χ0v) is 8.31. The molecular formula is C13H14O. The van der Waals surface area contributed by atoms with Crippen molar-refractivity contribution in [3.8, 4) is 0 Å². The first-order valence-corrected chi connectivity index (χ1v) is 4.74.